The lowest BCUT2D eigenvalue weighted by atomic mass is 10.2. The predicted molar refractivity (Wildman–Crippen MR) is 70.7 cm³/mol. The Kier molecular flexibility index (Phi) is 3.94. The summed E-state index contributed by atoms with van der Waals surface area (Å²) in [6.07, 6.45) is 1.42. The molecule has 1 saturated carbocycles. The van der Waals surface area contributed by atoms with Gasteiger partial charge in [-0.3, -0.25) is 0 Å². The molecule has 1 aromatic rings. The van der Waals surface area contributed by atoms with E-state index in [4.69, 9.17) is 0 Å². The molecule has 1 atom stereocenters. The molecule has 0 amide bonds. The minimum Gasteiger partial charge on any atom is -0.391 e. The van der Waals surface area contributed by atoms with E-state index in [-0.39, 0.29) is 16.7 Å². The summed E-state index contributed by atoms with van der Waals surface area (Å²) >= 11 is 4.48. The standard InChI is InChI=1S/C10H14BrNO3S2/c1-6-4-9(16-10(6)11)17(14,15)12-5-8(13)7-2-3-7/h4,7-8,12-13H,2-3,5H2,1H3. The van der Waals surface area contributed by atoms with Crippen molar-refractivity contribution in [1.82, 2.24) is 4.72 Å². The lowest BCUT2D eigenvalue weighted by Gasteiger charge is -2.09. The van der Waals surface area contributed by atoms with Gasteiger partial charge in [0.1, 0.15) is 4.21 Å². The summed E-state index contributed by atoms with van der Waals surface area (Å²) < 4.78 is 27.4. The van der Waals surface area contributed by atoms with Crippen LogP contribution in [0, 0.1) is 12.8 Å². The first-order chi connectivity index (χ1) is 7.90. The van der Waals surface area contributed by atoms with Crippen molar-refractivity contribution in [2.75, 3.05) is 6.54 Å². The minimum atomic E-state index is -3.48. The molecule has 4 nitrogen and oxygen atoms in total. The van der Waals surface area contributed by atoms with E-state index >= 15 is 0 Å². The molecule has 1 aliphatic carbocycles. The van der Waals surface area contributed by atoms with Gasteiger partial charge in [-0.1, -0.05) is 0 Å². The number of halogens is 1. The lowest BCUT2D eigenvalue weighted by Crippen LogP contribution is -2.32. The first-order valence-electron chi connectivity index (χ1n) is 5.34. The third-order valence-corrected chi connectivity index (χ3v) is 6.78. The van der Waals surface area contributed by atoms with E-state index in [0.29, 0.717) is 0 Å². The Morgan fingerprint density at radius 2 is 2.29 bits per heavy atom. The topological polar surface area (TPSA) is 66.4 Å². The fourth-order valence-electron chi connectivity index (χ4n) is 1.48. The number of aryl methyl sites for hydroxylation is 1. The Labute approximate surface area is 113 Å². The third kappa shape index (κ3) is 3.29. The monoisotopic (exact) mass is 339 g/mol. The third-order valence-electron chi connectivity index (χ3n) is 2.75. The van der Waals surface area contributed by atoms with E-state index in [1.807, 2.05) is 6.92 Å². The average molecular weight is 340 g/mol. The maximum Gasteiger partial charge on any atom is 0.250 e. The number of aliphatic hydroxyl groups excluding tert-OH is 1. The highest BCUT2D eigenvalue weighted by atomic mass is 79.9. The Morgan fingerprint density at radius 1 is 1.65 bits per heavy atom. The van der Waals surface area contributed by atoms with Crippen LogP contribution in [0.2, 0.25) is 0 Å². The number of hydrogen-bond acceptors (Lipinski definition) is 4. The summed E-state index contributed by atoms with van der Waals surface area (Å²) in [6.45, 7) is 1.94. The van der Waals surface area contributed by atoms with Gasteiger partial charge in [0.2, 0.25) is 10.0 Å². The van der Waals surface area contributed by atoms with E-state index < -0.39 is 16.1 Å². The van der Waals surface area contributed by atoms with Crippen LogP contribution in [-0.4, -0.2) is 26.2 Å². The number of rotatable bonds is 5. The smallest absolute Gasteiger partial charge is 0.250 e. The van der Waals surface area contributed by atoms with E-state index in [2.05, 4.69) is 20.7 Å². The van der Waals surface area contributed by atoms with Crippen LogP contribution < -0.4 is 4.72 Å². The fraction of sp³-hybridized carbons (Fsp3) is 0.600. The molecule has 0 spiro atoms. The first kappa shape index (κ1) is 13.5. The van der Waals surface area contributed by atoms with Crippen molar-refractivity contribution in [2.24, 2.45) is 5.92 Å². The van der Waals surface area contributed by atoms with Crippen LogP contribution in [0.5, 0.6) is 0 Å². The molecule has 1 aromatic heterocycles. The zero-order chi connectivity index (χ0) is 12.6. The number of hydrogen-bond donors (Lipinski definition) is 2. The van der Waals surface area contributed by atoms with Crippen molar-refractivity contribution in [1.29, 1.82) is 0 Å². The van der Waals surface area contributed by atoms with Gasteiger partial charge < -0.3 is 5.11 Å². The Hall–Kier alpha value is 0.0500. The number of aliphatic hydroxyl groups is 1. The summed E-state index contributed by atoms with van der Waals surface area (Å²) in [5, 5.41) is 9.63. The van der Waals surface area contributed by atoms with Crippen LogP contribution in [0.25, 0.3) is 0 Å². The lowest BCUT2D eigenvalue weighted by molar-refractivity contribution is 0.155. The molecule has 2 N–H and O–H groups in total. The molecule has 96 valence electrons. The van der Waals surface area contributed by atoms with Gasteiger partial charge in [-0.25, -0.2) is 13.1 Å². The SMILES string of the molecule is Cc1cc(S(=O)(=O)NCC(O)C2CC2)sc1Br. The van der Waals surface area contributed by atoms with Crippen LogP contribution in [0.4, 0.5) is 0 Å². The van der Waals surface area contributed by atoms with Gasteiger partial charge >= 0.3 is 0 Å². The van der Waals surface area contributed by atoms with Gasteiger partial charge in [0, 0.05) is 6.54 Å². The molecule has 7 heteroatoms. The highest BCUT2D eigenvalue weighted by molar-refractivity contribution is 9.11. The summed E-state index contributed by atoms with van der Waals surface area (Å²) in [4.78, 5) is 0. The van der Waals surface area contributed by atoms with E-state index in [9.17, 15) is 13.5 Å². The molecule has 0 aromatic carbocycles. The highest BCUT2D eigenvalue weighted by Gasteiger charge is 2.30. The number of sulfonamides is 1. The quantitative estimate of drug-likeness (QED) is 0.860. The molecular weight excluding hydrogens is 326 g/mol. The van der Waals surface area contributed by atoms with Crippen molar-refractivity contribution >= 4 is 37.3 Å². The van der Waals surface area contributed by atoms with Crippen molar-refractivity contribution in [3.8, 4) is 0 Å². The molecule has 1 heterocycles. The average Bonchev–Trinajstić information content (AvgIpc) is 3.04. The van der Waals surface area contributed by atoms with Crippen molar-refractivity contribution in [3.05, 3.63) is 15.4 Å². The number of nitrogens with one attached hydrogen (secondary N) is 1. The molecule has 17 heavy (non-hydrogen) atoms. The van der Waals surface area contributed by atoms with E-state index in [0.717, 1.165) is 22.2 Å². The van der Waals surface area contributed by atoms with Crippen molar-refractivity contribution in [3.63, 3.8) is 0 Å². The van der Waals surface area contributed by atoms with Crippen molar-refractivity contribution < 1.29 is 13.5 Å². The zero-order valence-electron chi connectivity index (χ0n) is 9.31. The number of thiophene rings is 1. The second-order valence-corrected chi connectivity index (χ2v) is 8.64. The second kappa shape index (κ2) is 4.97. The van der Waals surface area contributed by atoms with Gasteiger partial charge in [0.05, 0.1) is 9.89 Å². The summed E-state index contributed by atoms with van der Waals surface area (Å²) in [5.74, 6) is 0.273. The Morgan fingerprint density at radius 3 is 2.76 bits per heavy atom. The van der Waals surface area contributed by atoms with Crippen molar-refractivity contribution in [2.45, 2.75) is 30.1 Å². The van der Waals surface area contributed by atoms with E-state index in [1.54, 1.807) is 6.07 Å². The largest absolute Gasteiger partial charge is 0.391 e. The van der Waals surface area contributed by atoms with Gasteiger partial charge in [0.15, 0.2) is 0 Å². The van der Waals surface area contributed by atoms with Gasteiger partial charge in [-0.2, -0.15) is 0 Å². The van der Waals surface area contributed by atoms with Gasteiger partial charge in [0.25, 0.3) is 0 Å². The molecule has 2 rings (SSSR count). The zero-order valence-corrected chi connectivity index (χ0v) is 12.5. The maximum atomic E-state index is 11.9. The van der Waals surface area contributed by atoms with Gasteiger partial charge in [-0.15, -0.1) is 11.3 Å². The summed E-state index contributed by atoms with van der Waals surface area (Å²) in [5.41, 5.74) is 0.901. The molecule has 0 aliphatic heterocycles. The van der Waals surface area contributed by atoms with Crippen LogP contribution in [0.15, 0.2) is 14.1 Å². The van der Waals surface area contributed by atoms with E-state index in [1.165, 1.54) is 11.3 Å². The van der Waals surface area contributed by atoms with Gasteiger partial charge in [-0.05, 0) is 53.2 Å². The molecule has 0 bridgehead atoms. The van der Waals surface area contributed by atoms with Crippen LogP contribution in [0.1, 0.15) is 18.4 Å². The molecule has 0 saturated heterocycles. The van der Waals surface area contributed by atoms with Crippen LogP contribution in [0.3, 0.4) is 0 Å². The fourth-order valence-corrected chi connectivity index (χ4v) is 4.80. The second-order valence-electron chi connectivity index (χ2n) is 4.28. The van der Waals surface area contributed by atoms with Crippen LogP contribution >= 0.6 is 27.3 Å². The van der Waals surface area contributed by atoms with Crippen LogP contribution in [-0.2, 0) is 10.0 Å². The maximum absolute atomic E-state index is 11.9. The first-order valence-corrected chi connectivity index (χ1v) is 8.43. The normalized spacial score (nSPS) is 18.3. The molecular formula is C10H14BrNO3S2. The summed E-state index contributed by atoms with van der Waals surface area (Å²) in [7, 11) is -3.48. The summed E-state index contributed by atoms with van der Waals surface area (Å²) in [6, 6.07) is 1.63. The molecule has 1 unspecified atom stereocenters. The molecule has 1 fully saturated rings. The Bertz CT molecular complexity index is 488. The minimum absolute atomic E-state index is 0.0988. The molecule has 0 radical (unpaired) electrons. The highest BCUT2D eigenvalue weighted by Crippen LogP contribution is 2.33. The molecule has 1 aliphatic rings. The predicted octanol–water partition coefficient (Wildman–Crippen LogP) is 1.87. The Balaban J connectivity index is 2.02.